The van der Waals surface area contributed by atoms with Gasteiger partial charge >= 0.3 is 5.97 Å². The summed E-state index contributed by atoms with van der Waals surface area (Å²) < 4.78 is 16.7. The molecule has 0 unspecified atom stereocenters. The Kier molecular flexibility index (Phi) is 11.3. The third-order valence-corrected chi connectivity index (χ3v) is 8.89. The minimum Gasteiger partial charge on any atom is -0.463 e. The highest BCUT2D eigenvalue weighted by atomic mass is 32.2. The number of amidine groups is 2. The normalized spacial score (nSPS) is 40.5. The molecule has 208 valence electrons. The Morgan fingerprint density at radius 3 is 2.05 bits per heavy atom. The largest absolute Gasteiger partial charge is 0.463 e. The molecule has 0 saturated carbocycles. The molecule has 4 fully saturated rings. The van der Waals surface area contributed by atoms with Crippen molar-refractivity contribution in [2.45, 2.75) is 68.1 Å². The van der Waals surface area contributed by atoms with Gasteiger partial charge in [0, 0.05) is 6.92 Å². The van der Waals surface area contributed by atoms with Crippen molar-refractivity contribution in [2.75, 3.05) is 26.3 Å². The van der Waals surface area contributed by atoms with Crippen molar-refractivity contribution in [1.82, 2.24) is 10.6 Å². The highest BCUT2D eigenvalue weighted by Gasteiger charge is 2.49. The zero-order chi connectivity index (χ0) is 27.1. The lowest BCUT2D eigenvalue weighted by molar-refractivity contribution is -0.167. The zero-order valence-corrected chi connectivity index (χ0v) is 23.0. The smallest absolute Gasteiger partial charge is 0.302 e. The van der Waals surface area contributed by atoms with E-state index in [0.717, 1.165) is 5.17 Å². The summed E-state index contributed by atoms with van der Waals surface area (Å²) >= 11 is 2.95. The number of carbonyl (C=O) groups is 1. The van der Waals surface area contributed by atoms with Gasteiger partial charge in [-0.05, 0) is 11.8 Å². The van der Waals surface area contributed by atoms with Crippen molar-refractivity contribution in [2.24, 2.45) is 21.8 Å². The quantitative estimate of drug-likeness (QED) is 0.219. The first-order chi connectivity index (χ1) is 17.7. The predicted molar refractivity (Wildman–Crippen MR) is 145 cm³/mol. The number of nitrogens with one attached hydrogen (secondary N) is 2. The highest BCUT2D eigenvalue weighted by molar-refractivity contribution is 8.14. The Morgan fingerprint density at radius 2 is 1.51 bits per heavy atom. The topological polar surface area (TPSA) is 154 Å². The van der Waals surface area contributed by atoms with Gasteiger partial charge in [0.2, 0.25) is 0 Å². The minimum atomic E-state index is -1.09. The molecule has 4 saturated heterocycles. The van der Waals surface area contributed by atoms with Crippen LogP contribution in [0.4, 0.5) is 0 Å². The number of esters is 1. The molecule has 0 radical (unpaired) electrons. The predicted octanol–water partition coefficient (Wildman–Crippen LogP) is 0.466. The van der Waals surface area contributed by atoms with E-state index in [1.54, 1.807) is 23.9 Å². The molecule has 10 atom stereocenters. The van der Waals surface area contributed by atoms with Crippen LogP contribution >= 0.6 is 23.5 Å². The van der Waals surface area contributed by atoms with Crippen molar-refractivity contribution in [1.29, 1.82) is 0 Å². The van der Waals surface area contributed by atoms with Crippen LogP contribution in [0.5, 0.6) is 0 Å². The van der Waals surface area contributed by atoms with E-state index in [0.29, 0.717) is 36.7 Å². The number of ether oxygens (including phenoxy) is 3. The monoisotopic (exact) mass is 558 g/mol. The standard InChI is InChI=1S/C14H22N2O3S.C10H16N2O4S/c1-5-6-15-14-16-12-9(3)8(2)11(7-18-10(4)17)19-13(12)20-14;1-2-3-11-10-12-6-8(15)7(14)5(4-13)16-9(6)17-10/h5,8-9,11-13H,1,6-7H2,2-4H3,(H,15,16);2,5-9,13-15H,1,3-4H2,(H,11,12)/t8-,9-,11+,12+,13+;5-,6-,7-,8-,9-/m01/s1. The first kappa shape index (κ1) is 29.9. The number of hydrogen-bond donors (Lipinski definition) is 5. The molecule has 0 aromatic heterocycles. The molecule has 37 heavy (non-hydrogen) atoms. The van der Waals surface area contributed by atoms with Crippen LogP contribution in [0.25, 0.3) is 0 Å². The number of aliphatic hydroxyl groups is 3. The number of aliphatic imine (C=N–C) groups is 2. The van der Waals surface area contributed by atoms with E-state index in [9.17, 15) is 15.0 Å². The molecule has 0 aromatic rings. The average molecular weight is 559 g/mol. The molecule has 0 spiro atoms. The molecular weight excluding hydrogens is 520 g/mol. The van der Waals surface area contributed by atoms with Crippen LogP contribution < -0.4 is 10.6 Å². The fourth-order valence-corrected chi connectivity index (χ4v) is 6.74. The summed E-state index contributed by atoms with van der Waals surface area (Å²) in [6.45, 7) is 14.1. The van der Waals surface area contributed by atoms with E-state index in [2.05, 4.69) is 47.6 Å². The van der Waals surface area contributed by atoms with Gasteiger partial charge in [-0.2, -0.15) is 0 Å². The number of rotatable bonds is 7. The van der Waals surface area contributed by atoms with Crippen LogP contribution in [-0.4, -0.2) is 105 Å². The van der Waals surface area contributed by atoms with Crippen molar-refractivity contribution >= 4 is 39.8 Å². The molecule has 4 aliphatic heterocycles. The number of aliphatic hydroxyl groups excluding tert-OH is 3. The lowest BCUT2D eigenvalue weighted by atomic mass is 9.83. The minimum absolute atomic E-state index is 0.0327. The molecule has 4 heterocycles. The summed E-state index contributed by atoms with van der Waals surface area (Å²) in [5.74, 6) is 0.488. The number of carbonyl (C=O) groups excluding carboxylic acids is 1. The number of nitrogens with zero attached hydrogens (tertiary/aromatic N) is 2. The van der Waals surface area contributed by atoms with E-state index in [1.165, 1.54) is 18.7 Å². The second-order valence-electron chi connectivity index (χ2n) is 9.22. The van der Waals surface area contributed by atoms with Gasteiger partial charge in [-0.25, -0.2) is 0 Å². The lowest BCUT2D eigenvalue weighted by Crippen LogP contribution is -2.59. The summed E-state index contributed by atoms with van der Waals surface area (Å²) in [7, 11) is 0. The Labute approximate surface area is 226 Å². The van der Waals surface area contributed by atoms with E-state index in [1.807, 2.05) is 0 Å². The fourth-order valence-electron chi connectivity index (χ4n) is 4.36. The van der Waals surface area contributed by atoms with Crippen LogP contribution in [0.2, 0.25) is 0 Å². The van der Waals surface area contributed by atoms with Crippen LogP contribution in [-0.2, 0) is 19.0 Å². The van der Waals surface area contributed by atoms with Crippen LogP contribution in [0, 0.1) is 11.8 Å². The molecule has 13 heteroatoms. The Morgan fingerprint density at radius 1 is 0.973 bits per heavy atom. The van der Waals surface area contributed by atoms with E-state index >= 15 is 0 Å². The molecule has 4 rings (SSSR count). The summed E-state index contributed by atoms with van der Waals surface area (Å²) in [5, 5.41) is 36.6. The van der Waals surface area contributed by atoms with Gasteiger partial charge in [-0.3, -0.25) is 14.8 Å². The molecule has 0 amide bonds. The molecule has 4 aliphatic rings. The summed E-state index contributed by atoms with van der Waals surface area (Å²) in [4.78, 5) is 19.5. The maximum absolute atomic E-state index is 10.9. The second kappa shape index (κ2) is 14.0. The van der Waals surface area contributed by atoms with Crippen LogP contribution in [0.3, 0.4) is 0 Å². The van der Waals surface area contributed by atoms with Crippen LogP contribution in [0.1, 0.15) is 20.8 Å². The van der Waals surface area contributed by atoms with Gasteiger partial charge in [-0.1, -0.05) is 49.5 Å². The number of thioether (sulfide) groups is 2. The first-order valence-electron chi connectivity index (χ1n) is 12.3. The van der Waals surface area contributed by atoms with E-state index in [-0.39, 0.29) is 35.6 Å². The summed E-state index contributed by atoms with van der Waals surface area (Å²) in [6, 6.07) is -0.145. The van der Waals surface area contributed by atoms with E-state index < -0.39 is 24.4 Å². The number of fused-ring (bicyclic) bond motifs is 2. The van der Waals surface area contributed by atoms with Crippen molar-refractivity contribution in [3.05, 3.63) is 25.3 Å². The van der Waals surface area contributed by atoms with Gasteiger partial charge in [0.05, 0.1) is 37.9 Å². The van der Waals surface area contributed by atoms with Gasteiger partial charge in [0.25, 0.3) is 0 Å². The SMILES string of the molecule is C=CCN=C1N[C@@H]2[C@@H](C)[C@H](C)[C@@H](COC(C)=O)O[C@@H]2S1.C=CCN=C1N[C@@H]2[C@@H](O)[C@H](O)[C@@H](CO)O[C@@H]2S1. The average Bonchev–Trinajstić information content (AvgIpc) is 3.49. The Bertz CT molecular complexity index is 876. The molecule has 0 aromatic carbocycles. The van der Waals surface area contributed by atoms with Gasteiger partial charge in [0.15, 0.2) is 10.3 Å². The third kappa shape index (κ3) is 7.49. The molecular formula is C24H38N4O7S2. The molecule has 0 aliphatic carbocycles. The van der Waals surface area contributed by atoms with Gasteiger partial charge in [-0.15, -0.1) is 13.2 Å². The first-order valence-corrected chi connectivity index (χ1v) is 14.0. The van der Waals surface area contributed by atoms with Crippen molar-refractivity contribution in [3.63, 3.8) is 0 Å². The number of hydrogen-bond acceptors (Lipinski definition) is 11. The summed E-state index contributed by atoms with van der Waals surface area (Å²) in [5.41, 5.74) is -0.306. The van der Waals surface area contributed by atoms with Crippen molar-refractivity contribution in [3.8, 4) is 0 Å². The lowest BCUT2D eigenvalue weighted by Gasteiger charge is -2.40. The summed E-state index contributed by atoms with van der Waals surface area (Å²) in [6.07, 6.45) is 0.568. The van der Waals surface area contributed by atoms with Gasteiger partial charge < -0.3 is 40.2 Å². The molecule has 5 N–H and O–H groups in total. The zero-order valence-electron chi connectivity index (χ0n) is 21.4. The third-order valence-electron chi connectivity index (χ3n) is 6.68. The maximum atomic E-state index is 10.9. The van der Waals surface area contributed by atoms with Crippen LogP contribution in [0.15, 0.2) is 35.3 Å². The Hall–Kier alpha value is -1.61. The molecule has 11 nitrogen and oxygen atoms in total. The van der Waals surface area contributed by atoms with E-state index in [4.69, 9.17) is 19.3 Å². The maximum Gasteiger partial charge on any atom is 0.302 e. The van der Waals surface area contributed by atoms with Gasteiger partial charge in [0.1, 0.15) is 35.8 Å². The van der Waals surface area contributed by atoms with Crippen molar-refractivity contribution < 1.29 is 34.3 Å². The highest BCUT2D eigenvalue weighted by Crippen LogP contribution is 2.39. The fraction of sp³-hybridized carbons (Fsp3) is 0.708. The second-order valence-corrected chi connectivity index (χ2v) is 11.4. The Balaban J connectivity index is 0.000000208. The molecule has 0 bridgehead atoms.